The second-order valence-corrected chi connectivity index (χ2v) is 7.90. The van der Waals surface area contributed by atoms with Crippen LogP contribution in [-0.4, -0.2) is 28.8 Å². The van der Waals surface area contributed by atoms with E-state index in [2.05, 4.69) is 16.7 Å². The van der Waals surface area contributed by atoms with Crippen LogP contribution < -0.4 is 4.90 Å². The highest BCUT2D eigenvalue weighted by Crippen LogP contribution is 2.25. The van der Waals surface area contributed by atoms with E-state index in [1.165, 1.54) is 0 Å². The molecular weight excluding hydrogens is 420 g/mol. The van der Waals surface area contributed by atoms with Gasteiger partial charge in [-0.25, -0.2) is 4.79 Å². The molecule has 2 aromatic carbocycles. The first-order valence-corrected chi connectivity index (χ1v) is 10.9. The summed E-state index contributed by atoms with van der Waals surface area (Å²) in [6, 6.07) is 15.8. The molecule has 1 saturated heterocycles. The quantitative estimate of drug-likeness (QED) is 0.526. The van der Waals surface area contributed by atoms with E-state index in [1.807, 2.05) is 60.4 Å². The summed E-state index contributed by atoms with van der Waals surface area (Å²) in [6.45, 7) is 5.73. The largest absolute Gasteiger partial charge is 0.335 e. The maximum atomic E-state index is 12.3. The highest BCUT2D eigenvalue weighted by atomic mass is 16.7. The average Bonchev–Trinajstić information content (AvgIpc) is 3.12. The van der Waals surface area contributed by atoms with E-state index < -0.39 is 17.8 Å². The number of amides is 3. The molecule has 2 aliphatic heterocycles. The molecule has 7 nitrogen and oxygen atoms in total. The molecule has 172 valence electrons. The third-order valence-corrected chi connectivity index (χ3v) is 5.13. The summed E-state index contributed by atoms with van der Waals surface area (Å²) in [4.78, 5) is 51.7. The van der Waals surface area contributed by atoms with Crippen LogP contribution in [0.1, 0.15) is 58.2 Å². The van der Waals surface area contributed by atoms with Gasteiger partial charge in [-0.05, 0) is 23.8 Å². The molecular formula is C26H28N2O5. The SMILES string of the molecule is CC(C)C(=O)ON1C(=O)CCC1=O.CCC(=O)N1Cc2ccccc2C#Cc2ccccc21.[HH]. The van der Waals surface area contributed by atoms with Crippen LogP contribution in [0.5, 0.6) is 0 Å². The summed E-state index contributed by atoms with van der Waals surface area (Å²) >= 11 is 0. The Morgan fingerprint density at radius 2 is 1.55 bits per heavy atom. The van der Waals surface area contributed by atoms with Crippen molar-refractivity contribution in [3.63, 3.8) is 0 Å². The number of benzene rings is 2. The molecule has 1 fully saturated rings. The first kappa shape index (κ1) is 23.7. The minimum atomic E-state index is -0.566. The van der Waals surface area contributed by atoms with Gasteiger partial charge < -0.3 is 9.74 Å². The van der Waals surface area contributed by atoms with Gasteiger partial charge in [0.1, 0.15) is 0 Å². The summed E-state index contributed by atoms with van der Waals surface area (Å²) in [5.74, 6) is 4.72. The van der Waals surface area contributed by atoms with Crippen molar-refractivity contribution in [3.8, 4) is 11.8 Å². The minimum Gasteiger partial charge on any atom is -0.330 e. The lowest BCUT2D eigenvalue weighted by molar-refractivity contribution is -0.199. The van der Waals surface area contributed by atoms with Crippen LogP contribution in [0.2, 0.25) is 0 Å². The lowest BCUT2D eigenvalue weighted by Crippen LogP contribution is -2.33. The van der Waals surface area contributed by atoms with E-state index in [0.717, 1.165) is 22.4 Å². The number of carbonyl (C=O) groups is 4. The number of anilines is 1. The molecule has 2 aromatic rings. The van der Waals surface area contributed by atoms with E-state index in [1.54, 1.807) is 13.8 Å². The van der Waals surface area contributed by atoms with Gasteiger partial charge in [0, 0.05) is 31.8 Å². The van der Waals surface area contributed by atoms with Crippen LogP contribution >= 0.6 is 0 Å². The molecule has 2 aliphatic rings. The fourth-order valence-corrected chi connectivity index (χ4v) is 3.25. The van der Waals surface area contributed by atoms with Gasteiger partial charge in [-0.2, -0.15) is 0 Å². The molecule has 0 unspecified atom stereocenters. The summed E-state index contributed by atoms with van der Waals surface area (Å²) in [5, 5.41) is 0.558. The standard InChI is InChI=1S/C18H15NO.C8H11NO4.H2/c1-2-18(20)19-13-16-9-4-3-7-14(16)11-12-15-8-5-6-10-17(15)19;1-5(2)8(12)13-9-6(10)3-4-7(9)11;/h3-10H,2,13H2,1H3;5H,3-4H2,1-2H3;1H. The van der Waals surface area contributed by atoms with Crippen molar-refractivity contribution in [2.75, 3.05) is 4.90 Å². The van der Waals surface area contributed by atoms with Gasteiger partial charge in [0.05, 0.1) is 18.2 Å². The van der Waals surface area contributed by atoms with Crippen molar-refractivity contribution < 1.29 is 25.4 Å². The Balaban J connectivity index is 0.000000256. The van der Waals surface area contributed by atoms with Crippen molar-refractivity contribution >= 4 is 29.4 Å². The maximum absolute atomic E-state index is 12.3. The fraction of sp³-hybridized carbons (Fsp3) is 0.308. The second-order valence-electron chi connectivity index (χ2n) is 7.90. The normalized spacial score (nSPS) is 14.2. The Labute approximate surface area is 194 Å². The van der Waals surface area contributed by atoms with Gasteiger partial charge in [-0.3, -0.25) is 14.4 Å². The maximum Gasteiger partial charge on any atom is 0.335 e. The first-order valence-electron chi connectivity index (χ1n) is 10.9. The monoisotopic (exact) mass is 448 g/mol. The third kappa shape index (κ3) is 5.66. The van der Waals surface area contributed by atoms with E-state index >= 15 is 0 Å². The molecule has 0 bridgehead atoms. The number of rotatable bonds is 3. The summed E-state index contributed by atoms with van der Waals surface area (Å²) in [6.07, 6.45) is 0.748. The zero-order valence-corrected chi connectivity index (χ0v) is 19.0. The molecule has 2 heterocycles. The molecule has 0 spiro atoms. The van der Waals surface area contributed by atoms with Crippen molar-refractivity contribution in [1.82, 2.24) is 5.06 Å². The predicted molar refractivity (Wildman–Crippen MR) is 124 cm³/mol. The molecule has 3 amide bonds. The number of para-hydroxylation sites is 1. The zero-order chi connectivity index (χ0) is 24.0. The van der Waals surface area contributed by atoms with Crippen LogP contribution in [0.25, 0.3) is 0 Å². The van der Waals surface area contributed by atoms with E-state index in [9.17, 15) is 19.2 Å². The Bertz CT molecular complexity index is 1130. The number of hydrogen-bond acceptors (Lipinski definition) is 5. The summed E-state index contributed by atoms with van der Waals surface area (Å²) in [7, 11) is 0. The van der Waals surface area contributed by atoms with Crippen molar-refractivity contribution in [2.24, 2.45) is 5.92 Å². The van der Waals surface area contributed by atoms with Crippen LogP contribution in [0.4, 0.5) is 5.69 Å². The molecule has 0 atom stereocenters. The lowest BCUT2D eigenvalue weighted by atomic mass is 10.0. The lowest BCUT2D eigenvalue weighted by Gasteiger charge is -2.25. The molecule has 0 radical (unpaired) electrons. The Morgan fingerprint density at radius 1 is 0.970 bits per heavy atom. The molecule has 7 heteroatoms. The van der Waals surface area contributed by atoms with Gasteiger partial charge in [-0.15, -0.1) is 5.06 Å². The van der Waals surface area contributed by atoms with Gasteiger partial charge in [0.2, 0.25) is 5.91 Å². The Morgan fingerprint density at radius 3 is 2.18 bits per heavy atom. The number of imide groups is 1. The van der Waals surface area contributed by atoms with Gasteiger partial charge in [-0.1, -0.05) is 62.9 Å². The number of carbonyl (C=O) groups excluding carboxylic acids is 4. The molecule has 0 aromatic heterocycles. The van der Waals surface area contributed by atoms with Gasteiger partial charge in [0.25, 0.3) is 11.8 Å². The summed E-state index contributed by atoms with van der Waals surface area (Å²) < 4.78 is 0. The number of hydrogen-bond donors (Lipinski definition) is 0. The van der Waals surface area contributed by atoms with Crippen LogP contribution in [0, 0.1) is 17.8 Å². The Kier molecular flexibility index (Phi) is 7.62. The minimum absolute atomic E-state index is 0. The number of nitrogens with zero attached hydrogens (tertiary/aromatic N) is 2. The predicted octanol–water partition coefficient (Wildman–Crippen LogP) is 3.84. The van der Waals surface area contributed by atoms with E-state index in [-0.39, 0.29) is 26.1 Å². The Hall–Kier alpha value is -3.92. The third-order valence-electron chi connectivity index (χ3n) is 5.13. The van der Waals surface area contributed by atoms with Crippen LogP contribution in [0.3, 0.4) is 0 Å². The second kappa shape index (κ2) is 10.6. The highest BCUT2D eigenvalue weighted by molar-refractivity contribution is 6.01. The first-order chi connectivity index (χ1) is 15.8. The summed E-state index contributed by atoms with van der Waals surface area (Å²) in [5.41, 5.74) is 3.90. The highest BCUT2D eigenvalue weighted by Gasteiger charge is 2.33. The number of hydroxylamine groups is 2. The van der Waals surface area contributed by atoms with Gasteiger partial charge >= 0.3 is 5.97 Å². The average molecular weight is 449 g/mol. The molecule has 33 heavy (non-hydrogen) atoms. The molecule has 0 N–H and O–H groups in total. The van der Waals surface area contributed by atoms with Crippen LogP contribution in [0.15, 0.2) is 48.5 Å². The van der Waals surface area contributed by atoms with E-state index in [4.69, 9.17) is 0 Å². The zero-order valence-electron chi connectivity index (χ0n) is 19.0. The van der Waals surface area contributed by atoms with Crippen molar-refractivity contribution in [2.45, 2.75) is 46.6 Å². The molecule has 4 rings (SSSR count). The molecule has 0 saturated carbocycles. The fourth-order valence-electron chi connectivity index (χ4n) is 3.25. The topological polar surface area (TPSA) is 84.0 Å². The van der Waals surface area contributed by atoms with E-state index in [0.29, 0.717) is 18.0 Å². The molecule has 0 aliphatic carbocycles. The van der Waals surface area contributed by atoms with Gasteiger partial charge in [0.15, 0.2) is 0 Å². The van der Waals surface area contributed by atoms with Crippen molar-refractivity contribution in [1.29, 1.82) is 0 Å². The van der Waals surface area contributed by atoms with Crippen LogP contribution in [-0.2, 0) is 30.6 Å². The smallest absolute Gasteiger partial charge is 0.330 e. The number of fused-ring (bicyclic) bond motifs is 2. The van der Waals surface area contributed by atoms with Crippen molar-refractivity contribution in [3.05, 3.63) is 65.2 Å².